The fourth-order valence-corrected chi connectivity index (χ4v) is 2.37. The van der Waals surface area contributed by atoms with Crippen molar-refractivity contribution in [3.8, 4) is 0 Å². The molecule has 0 bridgehead atoms. The Balaban J connectivity index is 2.48. The highest BCUT2D eigenvalue weighted by Crippen LogP contribution is 2.18. The molecule has 2 N–H and O–H groups in total. The molecule has 0 fully saturated rings. The molecular formula is C12H18N2S2. The first-order chi connectivity index (χ1) is 7.61. The van der Waals surface area contributed by atoms with Crippen molar-refractivity contribution in [2.24, 2.45) is 10.7 Å². The molecule has 0 amide bonds. The number of hydrogen-bond acceptors (Lipinski definition) is 3. The molecule has 88 valence electrons. The molecule has 16 heavy (non-hydrogen) atoms. The number of amidine groups is 1. The lowest BCUT2D eigenvalue weighted by atomic mass is 10.2. The van der Waals surface area contributed by atoms with Gasteiger partial charge in [-0.15, -0.1) is 11.8 Å². The second kappa shape index (κ2) is 6.86. The molecule has 1 rings (SSSR count). The van der Waals surface area contributed by atoms with Gasteiger partial charge in [0.05, 0.1) is 0 Å². The van der Waals surface area contributed by atoms with E-state index >= 15 is 0 Å². The molecule has 0 unspecified atom stereocenters. The molecule has 0 saturated carbocycles. The third-order valence-corrected chi connectivity index (χ3v) is 3.55. The summed E-state index contributed by atoms with van der Waals surface area (Å²) in [7, 11) is 0. The van der Waals surface area contributed by atoms with Gasteiger partial charge in [0, 0.05) is 16.7 Å². The van der Waals surface area contributed by atoms with Crippen molar-refractivity contribution in [3.63, 3.8) is 0 Å². The third kappa shape index (κ3) is 4.94. The molecule has 2 nitrogen and oxygen atoms in total. The van der Waals surface area contributed by atoms with Gasteiger partial charge >= 0.3 is 0 Å². The van der Waals surface area contributed by atoms with Gasteiger partial charge in [-0.05, 0) is 37.8 Å². The summed E-state index contributed by atoms with van der Waals surface area (Å²) in [5.74, 6) is 0.886. The van der Waals surface area contributed by atoms with Crippen molar-refractivity contribution in [2.45, 2.75) is 30.5 Å². The molecule has 0 atom stereocenters. The minimum atomic E-state index is 0.270. The number of nitrogens with zero attached hydrogens (tertiary/aromatic N) is 1. The predicted octanol–water partition coefficient (Wildman–Crippen LogP) is 3.36. The normalized spacial score (nSPS) is 12.1. The van der Waals surface area contributed by atoms with Crippen LogP contribution in [0.2, 0.25) is 0 Å². The zero-order valence-electron chi connectivity index (χ0n) is 9.93. The Bertz CT molecular complexity index is 345. The van der Waals surface area contributed by atoms with Crippen LogP contribution in [0.15, 0.2) is 34.2 Å². The molecule has 0 spiro atoms. The van der Waals surface area contributed by atoms with E-state index < -0.39 is 0 Å². The van der Waals surface area contributed by atoms with E-state index in [9.17, 15) is 0 Å². The summed E-state index contributed by atoms with van der Waals surface area (Å²) in [5, 5.41) is 0.670. The average Bonchev–Trinajstić information content (AvgIpc) is 2.26. The SMILES string of the molecule is CSc1ccc(CSC(N)=NC(C)C)cc1. The first-order valence-corrected chi connectivity index (χ1v) is 7.42. The first kappa shape index (κ1) is 13.5. The van der Waals surface area contributed by atoms with Gasteiger partial charge in [0.2, 0.25) is 0 Å². The van der Waals surface area contributed by atoms with Gasteiger partial charge in [-0.2, -0.15) is 0 Å². The van der Waals surface area contributed by atoms with Gasteiger partial charge in [-0.1, -0.05) is 23.9 Å². The topological polar surface area (TPSA) is 38.4 Å². The van der Waals surface area contributed by atoms with Crippen LogP contribution in [0.5, 0.6) is 0 Å². The van der Waals surface area contributed by atoms with Crippen molar-refractivity contribution < 1.29 is 0 Å². The molecule has 0 aliphatic rings. The zero-order valence-corrected chi connectivity index (χ0v) is 11.6. The molecule has 1 aromatic carbocycles. The summed E-state index contributed by atoms with van der Waals surface area (Å²) in [6.45, 7) is 4.06. The van der Waals surface area contributed by atoms with E-state index in [-0.39, 0.29) is 6.04 Å². The van der Waals surface area contributed by atoms with E-state index in [1.54, 1.807) is 23.5 Å². The number of hydrogen-bond donors (Lipinski definition) is 1. The minimum absolute atomic E-state index is 0.270. The van der Waals surface area contributed by atoms with E-state index in [1.807, 2.05) is 13.8 Å². The number of benzene rings is 1. The first-order valence-electron chi connectivity index (χ1n) is 5.21. The zero-order chi connectivity index (χ0) is 12.0. The Morgan fingerprint density at radius 1 is 1.31 bits per heavy atom. The van der Waals surface area contributed by atoms with Crippen molar-refractivity contribution >= 4 is 28.7 Å². The maximum Gasteiger partial charge on any atom is 0.154 e. The van der Waals surface area contributed by atoms with Crippen LogP contribution in [0.1, 0.15) is 19.4 Å². The second-order valence-corrected chi connectivity index (χ2v) is 5.57. The summed E-state index contributed by atoms with van der Waals surface area (Å²) in [5.41, 5.74) is 7.07. The van der Waals surface area contributed by atoms with E-state index in [2.05, 4.69) is 35.5 Å². The van der Waals surface area contributed by atoms with Gasteiger partial charge in [-0.25, -0.2) is 0 Å². The van der Waals surface area contributed by atoms with E-state index in [4.69, 9.17) is 5.73 Å². The Labute approximate surface area is 106 Å². The lowest BCUT2D eigenvalue weighted by Crippen LogP contribution is -2.09. The molecule has 0 heterocycles. The number of aliphatic imine (C=N–C) groups is 1. The van der Waals surface area contributed by atoms with Crippen LogP contribution in [0.4, 0.5) is 0 Å². The average molecular weight is 254 g/mol. The third-order valence-electron chi connectivity index (χ3n) is 1.93. The molecule has 0 aromatic heterocycles. The van der Waals surface area contributed by atoms with Crippen molar-refractivity contribution in [1.82, 2.24) is 0 Å². The van der Waals surface area contributed by atoms with Gasteiger partial charge in [-0.3, -0.25) is 4.99 Å². The summed E-state index contributed by atoms with van der Waals surface area (Å²) in [6.07, 6.45) is 2.08. The lowest BCUT2D eigenvalue weighted by molar-refractivity contribution is 0.838. The monoisotopic (exact) mass is 254 g/mol. The Morgan fingerprint density at radius 2 is 1.94 bits per heavy atom. The van der Waals surface area contributed by atoms with Crippen molar-refractivity contribution in [2.75, 3.05) is 6.26 Å². The fraction of sp³-hybridized carbons (Fsp3) is 0.417. The summed E-state index contributed by atoms with van der Waals surface area (Å²) < 4.78 is 0. The van der Waals surface area contributed by atoms with Crippen LogP contribution >= 0.6 is 23.5 Å². The van der Waals surface area contributed by atoms with E-state index in [0.29, 0.717) is 5.17 Å². The minimum Gasteiger partial charge on any atom is -0.379 e. The quantitative estimate of drug-likeness (QED) is 0.508. The van der Waals surface area contributed by atoms with Gasteiger partial charge in [0.15, 0.2) is 5.17 Å². The Morgan fingerprint density at radius 3 is 2.44 bits per heavy atom. The smallest absolute Gasteiger partial charge is 0.154 e. The molecule has 0 saturated heterocycles. The maximum atomic E-state index is 5.79. The van der Waals surface area contributed by atoms with E-state index in [0.717, 1.165) is 5.75 Å². The fourth-order valence-electron chi connectivity index (χ4n) is 1.17. The highest BCUT2D eigenvalue weighted by atomic mass is 32.2. The molecule has 1 aromatic rings. The van der Waals surface area contributed by atoms with E-state index in [1.165, 1.54) is 10.5 Å². The summed E-state index contributed by atoms with van der Waals surface area (Å²) in [4.78, 5) is 5.57. The molecule has 0 radical (unpaired) electrons. The van der Waals surface area contributed by atoms with Gasteiger partial charge in [0.1, 0.15) is 0 Å². The standard InChI is InChI=1S/C12H18N2S2/c1-9(2)14-12(13)16-8-10-4-6-11(15-3)7-5-10/h4-7,9H,8H2,1-3H3,(H2,13,14). The molecule has 4 heteroatoms. The molecule has 0 aliphatic heterocycles. The number of nitrogens with two attached hydrogens (primary N) is 1. The highest BCUT2D eigenvalue weighted by molar-refractivity contribution is 8.13. The Hall–Kier alpha value is -0.610. The largest absolute Gasteiger partial charge is 0.379 e. The number of rotatable bonds is 4. The van der Waals surface area contributed by atoms with Gasteiger partial charge in [0.25, 0.3) is 0 Å². The number of thioether (sulfide) groups is 2. The molecular weight excluding hydrogens is 236 g/mol. The summed E-state index contributed by atoms with van der Waals surface area (Å²) in [6, 6.07) is 8.82. The predicted molar refractivity (Wildman–Crippen MR) is 76.3 cm³/mol. The van der Waals surface area contributed by atoms with Gasteiger partial charge < -0.3 is 5.73 Å². The van der Waals surface area contributed by atoms with Crippen molar-refractivity contribution in [1.29, 1.82) is 0 Å². The van der Waals surface area contributed by atoms with Crippen molar-refractivity contribution in [3.05, 3.63) is 29.8 Å². The maximum absolute atomic E-state index is 5.79. The van der Waals surface area contributed by atoms with Crippen LogP contribution in [-0.4, -0.2) is 17.5 Å². The molecule has 0 aliphatic carbocycles. The van der Waals surface area contributed by atoms with Crippen LogP contribution in [0.25, 0.3) is 0 Å². The van der Waals surface area contributed by atoms with Crippen LogP contribution in [-0.2, 0) is 5.75 Å². The van der Waals surface area contributed by atoms with Crippen LogP contribution < -0.4 is 5.73 Å². The summed E-state index contributed by atoms with van der Waals surface area (Å²) >= 11 is 3.35. The second-order valence-electron chi connectivity index (χ2n) is 3.70. The lowest BCUT2D eigenvalue weighted by Gasteiger charge is -2.04. The van der Waals surface area contributed by atoms with Crippen LogP contribution in [0.3, 0.4) is 0 Å². The Kier molecular flexibility index (Phi) is 5.77. The highest BCUT2D eigenvalue weighted by Gasteiger charge is 1.98. The van der Waals surface area contributed by atoms with Crippen LogP contribution in [0, 0.1) is 0 Å².